The van der Waals surface area contributed by atoms with Crippen LogP contribution in [0.3, 0.4) is 0 Å². The van der Waals surface area contributed by atoms with Crippen LogP contribution in [-0.2, 0) is 0 Å². The molecule has 1 aromatic heterocycles. The van der Waals surface area contributed by atoms with Crippen molar-refractivity contribution in [3.05, 3.63) is 30.0 Å². The molecule has 0 spiro atoms. The molecule has 0 unspecified atom stereocenters. The van der Waals surface area contributed by atoms with E-state index in [-0.39, 0.29) is 0 Å². The number of methoxy groups -OCH3 is 1. The summed E-state index contributed by atoms with van der Waals surface area (Å²) in [6, 6.07) is 7.99. The fraction of sp³-hybridized carbons (Fsp3) is 0.467. The third-order valence-electron chi connectivity index (χ3n) is 3.75. The summed E-state index contributed by atoms with van der Waals surface area (Å²) in [7, 11) is 1.69. The molecule has 0 N–H and O–H groups in total. The van der Waals surface area contributed by atoms with Crippen LogP contribution in [0.1, 0.15) is 43.7 Å². The zero-order valence-electron chi connectivity index (χ0n) is 10.7. The molecule has 3 rings (SSSR count). The number of aromatic nitrogens is 2. The van der Waals surface area contributed by atoms with Crippen LogP contribution < -0.4 is 4.74 Å². The van der Waals surface area contributed by atoms with E-state index < -0.39 is 0 Å². The number of nitrogens with zero attached hydrogens (tertiary/aromatic N) is 2. The van der Waals surface area contributed by atoms with Crippen LogP contribution in [0.4, 0.5) is 0 Å². The van der Waals surface area contributed by atoms with Crippen molar-refractivity contribution in [2.75, 3.05) is 7.11 Å². The largest absolute Gasteiger partial charge is 0.480 e. The van der Waals surface area contributed by atoms with Gasteiger partial charge in [-0.15, -0.1) is 0 Å². The van der Waals surface area contributed by atoms with Gasteiger partial charge in [0.05, 0.1) is 18.1 Å². The van der Waals surface area contributed by atoms with E-state index in [2.05, 4.69) is 4.98 Å². The van der Waals surface area contributed by atoms with Crippen LogP contribution in [0.5, 0.6) is 5.88 Å². The highest BCUT2D eigenvalue weighted by atomic mass is 16.5. The van der Waals surface area contributed by atoms with Gasteiger partial charge in [-0.1, -0.05) is 31.4 Å². The highest BCUT2D eigenvalue weighted by Crippen LogP contribution is 2.36. The van der Waals surface area contributed by atoms with Crippen LogP contribution in [0.25, 0.3) is 11.0 Å². The Bertz CT molecular complexity index is 547. The van der Waals surface area contributed by atoms with Crippen molar-refractivity contribution in [3.63, 3.8) is 0 Å². The quantitative estimate of drug-likeness (QED) is 0.805. The Morgan fingerprint density at radius 1 is 1.00 bits per heavy atom. The van der Waals surface area contributed by atoms with Gasteiger partial charge < -0.3 is 4.74 Å². The Morgan fingerprint density at radius 2 is 1.67 bits per heavy atom. The van der Waals surface area contributed by atoms with Crippen molar-refractivity contribution in [3.8, 4) is 5.88 Å². The van der Waals surface area contributed by atoms with E-state index in [0.29, 0.717) is 11.8 Å². The Labute approximate surface area is 107 Å². The standard InChI is InChI=1S/C15H18N2O/c1-18-15-14(11-7-3-2-4-8-11)16-12-9-5-6-10-13(12)17-15/h5-6,9-11H,2-4,7-8H2,1H3. The molecule has 1 saturated carbocycles. The van der Waals surface area contributed by atoms with Gasteiger partial charge in [-0.3, -0.25) is 0 Å². The predicted molar refractivity (Wildman–Crippen MR) is 71.9 cm³/mol. The van der Waals surface area contributed by atoms with E-state index >= 15 is 0 Å². The second-order valence-corrected chi connectivity index (χ2v) is 4.94. The molecule has 1 aromatic carbocycles. The summed E-state index contributed by atoms with van der Waals surface area (Å²) in [6.07, 6.45) is 6.36. The minimum Gasteiger partial charge on any atom is -0.480 e. The number of para-hydroxylation sites is 2. The third-order valence-corrected chi connectivity index (χ3v) is 3.75. The number of rotatable bonds is 2. The first kappa shape index (κ1) is 11.5. The fourth-order valence-electron chi connectivity index (χ4n) is 2.79. The molecule has 3 heteroatoms. The molecule has 2 aromatic rings. The molecule has 0 bridgehead atoms. The van der Waals surface area contributed by atoms with Crippen molar-refractivity contribution < 1.29 is 4.74 Å². The second-order valence-electron chi connectivity index (χ2n) is 4.94. The van der Waals surface area contributed by atoms with Crippen LogP contribution >= 0.6 is 0 Å². The first-order valence-electron chi connectivity index (χ1n) is 6.69. The van der Waals surface area contributed by atoms with Gasteiger partial charge in [0.25, 0.3) is 0 Å². The number of fused-ring (bicyclic) bond motifs is 1. The monoisotopic (exact) mass is 242 g/mol. The first-order valence-corrected chi connectivity index (χ1v) is 6.69. The van der Waals surface area contributed by atoms with Crippen molar-refractivity contribution in [1.29, 1.82) is 0 Å². The topological polar surface area (TPSA) is 35.0 Å². The van der Waals surface area contributed by atoms with Crippen molar-refractivity contribution >= 4 is 11.0 Å². The Morgan fingerprint density at radius 3 is 2.33 bits per heavy atom. The molecular weight excluding hydrogens is 224 g/mol. The zero-order chi connectivity index (χ0) is 12.4. The molecule has 1 aliphatic carbocycles. The summed E-state index contributed by atoms with van der Waals surface area (Å²) in [5, 5.41) is 0. The van der Waals surface area contributed by atoms with Gasteiger partial charge in [-0.25, -0.2) is 9.97 Å². The number of hydrogen-bond acceptors (Lipinski definition) is 3. The molecule has 3 nitrogen and oxygen atoms in total. The van der Waals surface area contributed by atoms with Gasteiger partial charge in [0.15, 0.2) is 0 Å². The van der Waals surface area contributed by atoms with Gasteiger partial charge in [-0.05, 0) is 25.0 Å². The molecule has 94 valence electrons. The smallest absolute Gasteiger partial charge is 0.236 e. The summed E-state index contributed by atoms with van der Waals surface area (Å²) >= 11 is 0. The van der Waals surface area contributed by atoms with Crippen LogP contribution in [0.2, 0.25) is 0 Å². The van der Waals surface area contributed by atoms with Crippen LogP contribution in [-0.4, -0.2) is 17.1 Å². The summed E-state index contributed by atoms with van der Waals surface area (Å²) in [6.45, 7) is 0. The van der Waals surface area contributed by atoms with Gasteiger partial charge in [0.2, 0.25) is 5.88 Å². The van der Waals surface area contributed by atoms with Crippen molar-refractivity contribution in [2.24, 2.45) is 0 Å². The van der Waals surface area contributed by atoms with Crippen molar-refractivity contribution in [2.45, 2.75) is 38.0 Å². The molecule has 0 aliphatic heterocycles. The molecule has 1 heterocycles. The SMILES string of the molecule is COc1nc2ccccc2nc1C1CCCCC1. The van der Waals surface area contributed by atoms with Crippen LogP contribution in [0, 0.1) is 0 Å². The van der Waals surface area contributed by atoms with E-state index in [1.807, 2.05) is 24.3 Å². The van der Waals surface area contributed by atoms with Gasteiger partial charge >= 0.3 is 0 Å². The molecule has 1 aliphatic rings. The van der Waals surface area contributed by atoms with Gasteiger partial charge in [0.1, 0.15) is 5.69 Å². The maximum absolute atomic E-state index is 5.43. The Kier molecular flexibility index (Phi) is 3.13. The van der Waals surface area contributed by atoms with E-state index in [1.165, 1.54) is 32.1 Å². The predicted octanol–water partition coefficient (Wildman–Crippen LogP) is 3.69. The molecule has 0 radical (unpaired) electrons. The summed E-state index contributed by atoms with van der Waals surface area (Å²) in [4.78, 5) is 9.37. The summed E-state index contributed by atoms with van der Waals surface area (Å²) in [5.74, 6) is 1.23. The maximum Gasteiger partial charge on any atom is 0.236 e. The molecular formula is C15H18N2O. The fourth-order valence-corrected chi connectivity index (χ4v) is 2.79. The second kappa shape index (κ2) is 4.92. The molecule has 1 fully saturated rings. The summed E-state index contributed by atoms with van der Waals surface area (Å²) in [5.41, 5.74) is 2.93. The number of hydrogen-bond donors (Lipinski definition) is 0. The average Bonchev–Trinajstić information content (AvgIpc) is 2.46. The lowest BCUT2D eigenvalue weighted by molar-refractivity contribution is 0.369. The van der Waals surface area contributed by atoms with Gasteiger partial charge in [-0.2, -0.15) is 0 Å². The lowest BCUT2D eigenvalue weighted by atomic mass is 9.87. The average molecular weight is 242 g/mol. The lowest BCUT2D eigenvalue weighted by Gasteiger charge is -2.22. The molecule has 0 atom stereocenters. The lowest BCUT2D eigenvalue weighted by Crippen LogP contribution is -2.09. The van der Waals surface area contributed by atoms with E-state index in [0.717, 1.165) is 16.7 Å². The van der Waals surface area contributed by atoms with Gasteiger partial charge in [0, 0.05) is 5.92 Å². The van der Waals surface area contributed by atoms with Crippen LogP contribution in [0.15, 0.2) is 24.3 Å². The maximum atomic E-state index is 5.43. The normalized spacial score (nSPS) is 16.9. The molecule has 0 saturated heterocycles. The minimum absolute atomic E-state index is 0.519. The number of ether oxygens (including phenoxy) is 1. The molecule has 0 amide bonds. The van der Waals surface area contributed by atoms with E-state index in [4.69, 9.17) is 9.72 Å². The molecule has 18 heavy (non-hydrogen) atoms. The van der Waals surface area contributed by atoms with E-state index in [9.17, 15) is 0 Å². The zero-order valence-corrected chi connectivity index (χ0v) is 10.7. The Balaban J connectivity index is 2.08. The third kappa shape index (κ3) is 2.05. The highest BCUT2D eigenvalue weighted by Gasteiger charge is 2.22. The summed E-state index contributed by atoms with van der Waals surface area (Å²) < 4.78 is 5.43. The Hall–Kier alpha value is -1.64. The minimum atomic E-state index is 0.519. The van der Waals surface area contributed by atoms with Crippen molar-refractivity contribution in [1.82, 2.24) is 9.97 Å². The number of benzene rings is 1. The highest BCUT2D eigenvalue weighted by molar-refractivity contribution is 5.74. The first-order chi connectivity index (χ1) is 8.88. The van der Waals surface area contributed by atoms with E-state index in [1.54, 1.807) is 7.11 Å².